The Hall–Kier alpha value is 0.460. The molecule has 0 N–H and O–H groups in total. The van der Waals surface area contributed by atoms with E-state index in [4.69, 9.17) is 69.6 Å². The lowest BCUT2D eigenvalue weighted by Crippen LogP contribution is -2.21. The van der Waals surface area contributed by atoms with Gasteiger partial charge in [-0.05, 0) is 12.1 Å². The van der Waals surface area contributed by atoms with Gasteiger partial charge in [0, 0.05) is 23.9 Å². The van der Waals surface area contributed by atoms with E-state index in [0.717, 1.165) is 0 Å². The van der Waals surface area contributed by atoms with Crippen LogP contribution in [0, 0.1) is 0 Å². The van der Waals surface area contributed by atoms with E-state index in [2.05, 4.69) is 0 Å². The summed E-state index contributed by atoms with van der Waals surface area (Å²) in [5.74, 6) is 0. The molecule has 0 radical (unpaired) electrons. The number of alkyl halides is 6. The average Bonchev–Trinajstić information content (AvgIpc) is 2.41. The lowest BCUT2D eigenvalue weighted by molar-refractivity contribution is -0.107. The second-order valence-electron chi connectivity index (χ2n) is 3.67. The van der Waals surface area contributed by atoms with Gasteiger partial charge in [0.15, 0.2) is 0 Å². The summed E-state index contributed by atoms with van der Waals surface area (Å²) >= 11 is 32.9. The molecular weight excluding hydrogens is 495 g/mol. The molecule has 134 valence electrons. The number of rotatable bonds is 8. The van der Waals surface area contributed by atoms with Gasteiger partial charge in [0.1, 0.15) is 0 Å². The first-order chi connectivity index (χ1) is 10.9. The van der Waals surface area contributed by atoms with Gasteiger partial charge in [-0.25, -0.2) is 4.31 Å². The highest BCUT2D eigenvalue weighted by Gasteiger charge is 2.33. The summed E-state index contributed by atoms with van der Waals surface area (Å²) in [6, 6.07) is 2.45. The molecule has 1 aromatic carbocycles. The van der Waals surface area contributed by atoms with E-state index in [-0.39, 0.29) is 58.1 Å². The Kier molecular flexibility index (Phi) is 8.35. The van der Waals surface area contributed by atoms with Crippen LogP contribution < -0.4 is 8.61 Å². The first-order valence-electron chi connectivity index (χ1n) is 5.38. The van der Waals surface area contributed by atoms with Crippen molar-refractivity contribution in [2.75, 3.05) is 8.61 Å². The molecule has 0 spiro atoms. The molecule has 0 fully saturated rings. The molecule has 2 amide bonds. The number of hydrogen-bond acceptors (Lipinski definition) is 4. The van der Waals surface area contributed by atoms with Gasteiger partial charge in [-0.1, -0.05) is 69.6 Å². The Balaban J connectivity index is 3.38. The van der Waals surface area contributed by atoms with Crippen LogP contribution in [-0.4, -0.2) is 20.7 Å². The van der Waals surface area contributed by atoms with Crippen LogP contribution in [0.1, 0.15) is 0 Å². The maximum atomic E-state index is 13.4. The second kappa shape index (κ2) is 8.90. The largest absolute Gasteiger partial charge is 0.324 e. The monoisotopic (exact) mass is 496 g/mol. The number of benzene rings is 1. The Morgan fingerprint density at radius 3 is 1.79 bits per heavy atom. The number of halogens is 8. The maximum Gasteiger partial charge on any atom is 0.324 e. The first kappa shape index (κ1) is 22.5. The Morgan fingerprint density at radius 1 is 0.917 bits per heavy atom. The minimum absolute atomic E-state index is 0.0452. The zero-order chi connectivity index (χ0) is 18.7. The molecule has 1 aromatic rings. The summed E-state index contributed by atoms with van der Waals surface area (Å²) < 4.78 is 22.3. The molecule has 0 aromatic heterocycles. The second-order valence-corrected chi connectivity index (χ2v) is 10.1. The normalized spacial score (nSPS) is 12.0. The fourth-order valence-electron chi connectivity index (χ4n) is 1.37. The number of carbonyl (C=O) groups excluding carboxylic acids is 2. The number of nitrogens with zero attached hydrogens (tertiary/aromatic N) is 2. The third kappa shape index (κ3) is 6.64. The minimum atomic E-state index is -2.87. The van der Waals surface area contributed by atoms with Crippen molar-refractivity contribution < 1.29 is 18.4 Å². The molecule has 0 aliphatic rings. The van der Waals surface area contributed by atoms with Crippen molar-refractivity contribution in [1.29, 1.82) is 0 Å². The molecule has 1 rings (SSSR count). The topological polar surface area (TPSA) is 40.6 Å². The molecule has 0 aliphatic heterocycles. The zero-order valence-electron chi connectivity index (χ0n) is 10.9. The molecule has 0 aliphatic carbocycles. The van der Waals surface area contributed by atoms with Gasteiger partial charge in [-0.2, -0.15) is 8.78 Å². The molecule has 24 heavy (non-hydrogen) atoms. The van der Waals surface area contributed by atoms with Gasteiger partial charge in [-0.3, -0.25) is 13.9 Å². The van der Waals surface area contributed by atoms with Crippen molar-refractivity contribution in [2.24, 2.45) is 0 Å². The van der Waals surface area contributed by atoms with Crippen molar-refractivity contribution in [3.63, 3.8) is 0 Å². The van der Waals surface area contributed by atoms with Crippen molar-refractivity contribution in [3.8, 4) is 0 Å². The Labute approximate surface area is 173 Å². The molecule has 4 nitrogen and oxygen atoms in total. The molecule has 0 atom stereocenters. The van der Waals surface area contributed by atoms with E-state index >= 15 is 0 Å². The van der Waals surface area contributed by atoms with Gasteiger partial charge in [0.05, 0.1) is 21.4 Å². The number of anilines is 2. The maximum absolute atomic E-state index is 13.4. The lowest BCUT2D eigenvalue weighted by atomic mass is 10.2. The standard InChI is InChI=1S/C10H4Cl6F2N2O2S2/c11-5-1-2-6(19(3-21)23-9(13,14)17)7(12)8(5)20(4-22)24-10(15,16)18/h1-4H. The van der Waals surface area contributed by atoms with Gasteiger partial charge in [0.25, 0.3) is 0 Å². The van der Waals surface area contributed by atoms with E-state index < -0.39 is 7.84 Å². The van der Waals surface area contributed by atoms with E-state index in [1.165, 1.54) is 12.1 Å². The number of hydrogen-bond donors (Lipinski definition) is 0. The Morgan fingerprint density at radius 2 is 1.38 bits per heavy atom. The van der Waals surface area contributed by atoms with E-state index in [1.54, 1.807) is 0 Å². The van der Waals surface area contributed by atoms with Crippen LogP contribution >= 0.6 is 93.5 Å². The van der Waals surface area contributed by atoms with E-state index in [0.29, 0.717) is 8.61 Å². The van der Waals surface area contributed by atoms with Crippen LogP contribution in [0.2, 0.25) is 10.0 Å². The quantitative estimate of drug-likeness (QED) is 0.238. The highest BCUT2D eigenvalue weighted by molar-refractivity contribution is 8.05. The van der Waals surface area contributed by atoms with Gasteiger partial charge in [0.2, 0.25) is 12.8 Å². The van der Waals surface area contributed by atoms with Gasteiger partial charge < -0.3 is 0 Å². The molecule has 14 heteroatoms. The molecule has 0 unspecified atom stereocenters. The summed E-state index contributed by atoms with van der Waals surface area (Å²) in [7, 11) is 0. The third-order valence-corrected chi connectivity index (χ3v) is 4.96. The summed E-state index contributed by atoms with van der Waals surface area (Å²) in [4.78, 5) is 22.3. The fraction of sp³-hybridized carbons (Fsp3) is 0.200. The predicted octanol–water partition coefficient (Wildman–Crippen LogP) is 6.33. The van der Waals surface area contributed by atoms with E-state index in [9.17, 15) is 18.4 Å². The highest BCUT2D eigenvalue weighted by atomic mass is 35.5. The summed E-state index contributed by atoms with van der Waals surface area (Å²) in [6.45, 7) is 0. The van der Waals surface area contributed by atoms with Crippen LogP contribution in [0.25, 0.3) is 0 Å². The number of amides is 2. The summed E-state index contributed by atoms with van der Waals surface area (Å²) in [5, 5.41) is -0.406. The van der Waals surface area contributed by atoms with E-state index in [1.807, 2.05) is 0 Å². The lowest BCUT2D eigenvalue weighted by Gasteiger charge is -2.25. The average molecular weight is 499 g/mol. The molecule has 0 heterocycles. The van der Waals surface area contributed by atoms with Crippen molar-refractivity contribution in [2.45, 2.75) is 7.84 Å². The fourth-order valence-corrected chi connectivity index (χ4v) is 4.12. The van der Waals surface area contributed by atoms with Crippen LogP contribution in [0.3, 0.4) is 0 Å². The van der Waals surface area contributed by atoms with Crippen molar-refractivity contribution in [3.05, 3.63) is 22.2 Å². The van der Waals surface area contributed by atoms with Crippen molar-refractivity contribution in [1.82, 2.24) is 0 Å². The zero-order valence-corrected chi connectivity index (χ0v) is 17.0. The SMILES string of the molecule is O=CN(SC(F)(Cl)Cl)c1ccc(Cl)c(N(C=O)SC(F)(Cl)Cl)c1Cl. The Bertz CT molecular complexity index is 629. The summed E-state index contributed by atoms with van der Waals surface area (Å²) in [6.07, 6.45) is 0.311. The smallest absolute Gasteiger partial charge is 0.277 e. The third-order valence-electron chi connectivity index (χ3n) is 2.10. The molecule has 0 saturated heterocycles. The van der Waals surface area contributed by atoms with Gasteiger partial charge >= 0.3 is 7.84 Å². The van der Waals surface area contributed by atoms with Gasteiger partial charge in [-0.15, -0.1) is 0 Å². The van der Waals surface area contributed by atoms with Crippen LogP contribution in [-0.2, 0) is 9.59 Å². The first-order valence-corrected chi connectivity index (χ1v) is 9.20. The molecule has 0 bridgehead atoms. The predicted molar refractivity (Wildman–Crippen MR) is 99.8 cm³/mol. The number of carbonyl (C=O) groups is 2. The molecule has 0 saturated carbocycles. The van der Waals surface area contributed by atoms with Crippen LogP contribution in [0.15, 0.2) is 12.1 Å². The van der Waals surface area contributed by atoms with Crippen LogP contribution in [0.4, 0.5) is 20.2 Å². The van der Waals surface area contributed by atoms with Crippen molar-refractivity contribution >= 4 is 118 Å². The molecular formula is C10H4Cl6F2N2O2S2. The summed E-state index contributed by atoms with van der Waals surface area (Å²) in [5.41, 5.74) is -0.361. The minimum Gasteiger partial charge on any atom is -0.277 e. The van der Waals surface area contributed by atoms with Crippen LogP contribution in [0.5, 0.6) is 0 Å². The highest BCUT2D eigenvalue weighted by Crippen LogP contribution is 2.49.